The number of aryl methyl sites for hydroxylation is 1. The van der Waals surface area contributed by atoms with Gasteiger partial charge < -0.3 is 9.64 Å². The molecule has 2 N–H and O–H groups in total. The third-order valence-electron chi connectivity index (χ3n) is 4.48. The number of primary sulfonamides is 1. The van der Waals surface area contributed by atoms with E-state index < -0.39 is 28.5 Å². The number of carbonyl (C=O) groups is 2. The van der Waals surface area contributed by atoms with E-state index in [1.54, 1.807) is 12.3 Å². The molecule has 1 unspecified atom stereocenters. The Labute approximate surface area is 165 Å². The number of ether oxygens (including phenoxy) is 1. The number of aromatic nitrogens is 1. The van der Waals surface area contributed by atoms with Gasteiger partial charge in [0.05, 0.1) is 4.90 Å². The topological polar surface area (TPSA) is 129 Å². The maximum Gasteiger partial charge on any atom is 0.326 e. The molecule has 3 rings (SSSR count). The summed E-state index contributed by atoms with van der Waals surface area (Å²) in [5, 5.41) is 6.79. The lowest BCUT2D eigenvalue weighted by Crippen LogP contribution is -2.39. The van der Waals surface area contributed by atoms with Crippen LogP contribution in [0.3, 0.4) is 0 Å². The Hall–Kier alpha value is -2.50. The molecule has 2 aromatic rings. The quantitative estimate of drug-likeness (QED) is 0.690. The SMILES string of the molecule is Cc1csc(=O)n1CC(=O)OCC(=O)N1c2ccc(S(N)(=O)=O)cc2CC1C. The van der Waals surface area contributed by atoms with E-state index in [-0.39, 0.29) is 22.4 Å². The zero-order valence-corrected chi connectivity index (χ0v) is 16.9. The smallest absolute Gasteiger partial charge is 0.326 e. The zero-order chi connectivity index (χ0) is 20.6. The summed E-state index contributed by atoms with van der Waals surface area (Å²) < 4.78 is 29.3. The van der Waals surface area contributed by atoms with Crippen LogP contribution in [0.2, 0.25) is 0 Å². The Bertz CT molecular complexity index is 1100. The number of hydrogen-bond donors (Lipinski definition) is 1. The van der Waals surface area contributed by atoms with Crippen LogP contribution in [0.4, 0.5) is 5.69 Å². The molecule has 1 atom stereocenters. The fraction of sp³-hybridized carbons (Fsp3) is 0.353. The number of sulfonamides is 1. The zero-order valence-electron chi connectivity index (χ0n) is 15.2. The third-order valence-corrected chi connectivity index (χ3v) is 6.28. The number of esters is 1. The fourth-order valence-electron chi connectivity index (χ4n) is 3.15. The van der Waals surface area contributed by atoms with E-state index in [9.17, 15) is 22.8 Å². The number of nitrogens with two attached hydrogens (primary N) is 1. The first-order chi connectivity index (χ1) is 13.1. The lowest BCUT2D eigenvalue weighted by atomic mass is 10.1. The van der Waals surface area contributed by atoms with Crippen molar-refractivity contribution in [3.63, 3.8) is 0 Å². The Kier molecular flexibility index (Phi) is 5.41. The van der Waals surface area contributed by atoms with Crippen LogP contribution < -0.4 is 14.9 Å². The van der Waals surface area contributed by atoms with E-state index in [0.29, 0.717) is 23.4 Å². The lowest BCUT2D eigenvalue weighted by molar-refractivity contribution is -0.148. The molecule has 11 heteroatoms. The number of thiazole rings is 1. The van der Waals surface area contributed by atoms with Crippen molar-refractivity contribution < 1.29 is 22.7 Å². The molecule has 2 heterocycles. The molecule has 0 aliphatic carbocycles. The lowest BCUT2D eigenvalue weighted by Gasteiger charge is -2.22. The van der Waals surface area contributed by atoms with Crippen LogP contribution in [0.5, 0.6) is 0 Å². The molecule has 28 heavy (non-hydrogen) atoms. The summed E-state index contributed by atoms with van der Waals surface area (Å²) in [6.07, 6.45) is 0.460. The molecule has 0 saturated carbocycles. The molecular formula is C17H19N3O6S2. The van der Waals surface area contributed by atoms with Crippen LogP contribution in [0, 0.1) is 6.92 Å². The fourth-order valence-corrected chi connectivity index (χ4v) is 4.45. The third kappa shape index (κ3) is 4.01. The Morgan fingerprint density at radius 2 is 2.07 bits per heavy atom. The maximum atomic E-state index is 12.6. The van der Waals surface area contributed by atoms with Gasteiger partial charge in [-0.15, -0.1) is 0 Å². The summed E-state index contributed by atoms with van der Waals surface area (Å²) >= 11 is 0.986. The van der Waals surface area contributed by atoms with E-state index in [1.807, 2.05) is 6.92 Å². The molecule has 1 aromatic heterocycles. The van der Waals surface area contributed by atoms with Gasteiger partial charge in [-0.1, -0.05) is 11.3 Å². The molecule has 0 fully saturated rings. The molecule has 0 bridgehead atoms. The largest absolute Gasteiger partial charge is 0.454 e. The minimum Gasteiger partial charge on any atom is -0.454 e. The molecule has 1 aromatic carbocycles. The second-order valence-corrected chi connectivity index (χ2v) is 8.92. The van der Waals surface area contributed by atoms with Gasteiger partial charge in [-0.3, -0.25) is 19.0 Å². The van der Waals surface area contributed by atoms with E-state index >= 15 is 0 Å². The summed E-state index contributed by atoms with van der Waals surface area (Å²) in [7, 11) is -3.83. The van der Waals surface area contributed by atoms with Gasteiger partial charge in [-0.25, -0.2) is 13.6 Å². The van der Waals surface area contributed by atoms with Crippen molar-refractivity contribution >= 4 is 38.9 Å². The van der Waals surface area contributed by atoms with Crippen LogP contribution in [-0.4, -0.2) is 37.5 Å². The average molecular weight is 425 g/mol. The van der Waals surface area contributed by atoms with E-state index in [1.165, 1.54) is 27.7 Å². The summed E-state index contributed by atoms with van der Waals surface area (Å²) in [6.45, 7) is 2.78. The minimum absolute atomic E-state index is 0.0178. The predicted octanol–water partition coefficient (Wildman–Crippen LogP) is 0.387. The second kappa shape index (κ2) is 7.49. The van der Waals surface area contributed by atoms with Gasteiger partial charge in [0.2, 0.25) is 10.0 Å². The Morgan fingerprint density at radius 1 is 1.36 bits per heavy atom. The first-order valence-electron chi connectivity index (χ1n) is 8.36. The highest BCUT2D eigenvalue weighted by molar-refractivity contribution is 7.89. The van der Waals surface area contributed by atoms with Crippen LogP contribution in [0.15, 0.2) is 33.3 Å². The van der Waals surface area contributed by atoms with Gasteiger partial charge in [-0.2, -0.15) is 0 Å². The number of hydrogen-bond acceptors (Lipinski definition) is 7. The molecule has 9 nitrogen and oxygen atoms in total. The van der Waals surface area contributed by atoms with Crippen LogP contribution in [-0.2, 0) is 37.3 Å². The van der Waals surface area contributed by atoms with Crippen molar-refractivity contribution in [2.45, 2.75) is 37.8 Å². The van der Waals surface area contributed by atoms with Crippen LogP contribution >= 0.6 is 11.3 Å². The van der Waals surface area contributed by atoms with Gasteiger partial charge in [0.15, 0.2) is 6.61 Å². The van der Waals surface area contributed by atoms with Crippen molar-refractivity contribution in [2.75, 3.05) is 11.5 Å². The highest BCUT2D eigenvalue weighted by atomic mass is 32.2. The van der Waals surface area contributed by atoms with Crippen LogP contribution in [0.1, 0.15) is 18.2 Å². The Morgan fingerprint density at radius 3 is 2.68 bits per heavy atom. The van der Waals surface area contributed by atoms with Crippen LogP contribution in [0.25, 0.3) is 0 Å². The second-order valence-electron chi connectivity index (χ2n) is 6.54. The van der Waals surface area contributed by atoms with E-state index in [0.717, 1.165) is 11.3 Å². The number of benzene rings is 1. The van der Waals surface area contributed by atoms with Crippen molar-refractivity contribution in [1.82, 2.24) is 4.57 Å². The molecular weight excluding hydrogens is 406 g/mol. The Balaban J connectivity index is 1.69. The minimum atomic E-state index is -3.83. The standard InChI is InChI=1S/C17H19N3O6S2/c1-10-5-12-6-13(28(18,24)25)3-4-14(12)20(10)15(21)8-26-16(22)7-19-11(2)9-27-17(19)23/h3-4,6,9-10H,5,7-8H2,1-2H3,(H2,18,24,25). The summed E-state index contributed by atoms with van der Waals surface area (Å²) in [6, 6.07) is 4.09. The van der Waals surface area contributed by atoms with Crippen molar-refractivity contribution in [3.05, 3.63) is 44.5 Å². The number of amides is 1. The highest BCUT2D eigenvalue weighted by Crippen LogP contribution is 2.33. The van der Waals surface area contributed by atoms with Gasteiger partial charge in [-0.05, 0) is 44.0 Å². The first-order valence-corrected chi connectivity index (χ1v) is 10.8. The predicted molar refractivity (Wildman–Crippen MR) is 103 cm³/mol. The number of nitrogens with zero attached hydrogens (tertiary/aromatic N) is 2. The average Bonchev–Trinajstić information content (AvgIpc) is 3.11. The van der Waals surface area contributed by atoms with E-state index in [4.69, 9.17) is 9.88 Å². The molecule has 0 spiro atoms. The van der Waals surface area contributed by atoms with Crippen molar-refractivity contribution in [2.24, 2.45) is 5.14 Å². The normalized spacial score (nSPS) is 16.1. The summed E-state index contributed by atoms with van der Waals surface area (Å²) in [4.78, 5) is 37.4. The molecule has 0 radical (unpaired) electrons. The number of rotatable bonds is 5. The highest BCUT2D eigenvalue weighted by Gasteiger charge is 2.32. The van der Waals surface area contributed by atoms with Crippen molar-refractivity contribution in [3.8, 4) is 0 Å². The van der Waals surface area contributed by atoms with Crippen molar-refractivity contribution in [1.29, 1.82) is 0 Å². The molecule has 1 aliphatic rings. The molecule has 1 aliphatic heterocycles. The summed E-state index contributed by atoms with van der Waals surface area (Å²) in [5.41, 5.74) is 1.89. The maximum absolute atomic E-state index is 12.6. The monoisotopic (exact) mass is 425 g/mol. The number of fused-ring (bicyclic) bond motifs is 1. The van der Waals surface area contributed by atoms with Gasteiger partial charge >= 0.3 is 10.8 Å². The van der Waals surface area contributed by atoms with Gasteiger partial charge in [0, 0.05) is 22.8 Å². The number of carbonyl (C=O) groups excluding carboxylic acids is 2. The van der Waals surface area contributed by atoms with E-state index in [2.05, 4.69) is 0 Å². The van der Waals surface area contributed by atoms with Gasteiger partial charge in [0.25, 0.3) is 5.91 Å². The molecule has 150 valence electrons. The molecule has 0 saturated heterocycles. The summed E-state index contributed by atoms with van der Waals surface area (Å²) in [5.74, 6) is -1.12. The molecule has 1 amide bonds. The number of anilines is 1. The first kappa shape index (κ1) is 20.2. The van der Waals surface area contributed by atoms with Gasteiger partial charge in [0.1, 0.15) is 6.54 Å².